The van der Waals surface area contributed by atoms with Crippen molar-refractivity contribution in [3.63, 3.8) is 0 Å². The van der Waals surface area contributed by atoms with Crippen LogP contribution in [0.15, 0.2) is 11.0 Å². The van der Waals surface area contributed by atoms with Crippen LogP contribution in [0, 0.1) is 17.3 Å². The second-order valence-corrected chi connectivity index (χ2v) is 9.12. The molecule has 4 saturated carbocycles. The fourth-order valence-corrected chi connectivity index (χ4v) is 5.42. The monoisotopic (exact) mass is 360 g/mol. The van der Waals surface area contributed by atoms with Gasteiger partial charge in [0, 0.05) is 30.2 Å². The molecule has 26 heavy (non-hydrogen) atoms. The van der Waals surface area contributed by atoms with Crippen LogP contribution in [0.5, 0.6) is 0 Å². The number of rotatable bonds is 6. The smallest absolute Gasteiger partial charge is 0.325 e. The molecule has 7 nitrogen and oxygen atoms in total. The molecule has 0 spiro atoms. The van der Waals surface area contributed by atoms with Crippen LogP contribution in [0.2, 0.25) is 0 Å². The molecular weight excluding hydrogens is 332 g/mol. The van der Waals surface area contributed by atoms with Crippen LogP contribution in [0.3, 0.4) is 0 Å². The van der Waals surface area contributed by atoms with Crippen LogP contribution in [-0.4, -0.2) is 32.4 Å². The molecule has 2 unspecified atom stereocenters. The minimum absolute atomic E-state index is 0.131. The first-order valence-corrected chi connectivity index (χ1v) is 9.54. The summed E-state index contributed by atoms with van der Waals surface area (Å²) in [5, 5.41) is 6.29. The molecule has 0 aromatic carbocycles. The molecule has 5 rings (SSSR count). The van der Waals surface area contributed by atoms with Gasteiger partial charge < -0.3 is 20.2 Å². The molecule has 1 aromatic rings. The second-order valence-electron chi connectivity index (χ2n) is 9.12. The molecular formula is C19H28N4O3. The molecule has 2 atom stereocenters. The van der Waals surface area contributed by atoms with Crippen LogP contribution >= 0.6 is 0 Å². The van der Waals surface area contributed by atoms with Crippen LogP contribution in [-0.2, 0) is 11.8 Å². The Kier molecular flexibility index (Phi) is 3.50. The summed E-state index contributed by atoms with van der Waals surface area (Å²) in [6.45, 7) is 6.58. The molecule has 1 aromatic heterocycles. The molecule has 0 radical (unpaired) electrons. The zero-order valence-electron chi connectivity index (χ0n) is 15.9. The van der Waals surface area contributed by atoms with Gasteiger partial charge in [0.05, 0.1) is 0 Å². The number of hydrogen-bond donors (Lipinski definition) is 3. The number of carbonyl (C=O) groups is 2. The van der Waals surface area contributed by atoms with Gasteiger partial charge in [0.25, 0.3) is 5.91 Å². The third-order valence-electron chi connectivity index (χ3n) is 7.17. The predicted octanol–water partition coefficient (Wildman–Crippen LogP) is 1.31. The van der Waals surface area contributed by atoms with E-state index in [1.54, 1.807) is 7.05 Å². The Morgan fingerprint density at radius 2 is 1.88 bits per heavy atom. The highest BCUT2D eigenvalue weighted by molar-refractivity contribution is 5.93. The van der Waals surface area contributed by atoms with Gasteiger partial charge in [-0.3, -0.25) is 9.59 Å². The van der Waals surface area contributed by atoms with E-state index in [9.17, 15) is 14.4 Å². The van der Waals surface area contributed by atoms with Gasteiger partial charge in [-0.15, -0.1) is 0 Å². The van der Waals surface area contributed by atoms with Gasteiger partial charge in [0.2, 0.25) is 5.91 Å². The number of aromatic amines is 1. The van der Waals surface area contributed by atoms with Crippen molar-refractivity contribution in [2.45, 2.75) is 64.0 Å². The normalized spacial score (nSPS) is 36.9. The average Bonchev–Trinajstić information content (AvgIpc) is 3.18. The van der Waals surface area contributed by atoms with E-state index in [1.807, 2.05) is 0 Å². The standard InChI is InChI=1S/C19H28N4O3/c1-5-19(11(2)3)6-12(19)14(24)21-17-8-18(9-17,10-17)22-15(25)13-7-23(4)16(26)20-13/h7,11-12H,5-6,8-10H2,1-4H3,(H,20,26)(H,21,24)(H,22,25). The number of hydrogen-bond acceptors (Lipinski definition) is 3. The molecule has 142 valence electrons. The van der Waals surface area contributed by atoms with E-state index in [1.165, 1.54) is 10.8 Å². The van der Waals surface area contributed by atoms with Gasteiger partial charge in [-0.2, -0.15) is 0 Å². The van der Waals surface area contributed by atoms with E-state index in [0.717, 1.165) is 32.1 Å². The highest BCUT2D eigenvalue weighted by Crippen LogP contribution is 2.63. The molecule has 4 aliphatic carbocycles. The summed E-state index contributed by atoms with van der Waals surface area (Å²) >= 11 is 0. The summed E-state index contributed by atoms with van der Waals surface area (Å²) in [7, 11) is 1.60. The zero-order valence-corrected chi connectivity index (χ0v) is 15.9. The van der Waals surface area contributed by atoms with E-state index in [0.29, 0.717) is 5.92 Å². The van der Waals surface area contributed by atoms with Gasteiger partial charge in [0.1, 0.15) is 5.69 Å². The van der Waals surface area contributed by atoms with E-state index in [2.05, 4.69) is 36.4 Å². The number of H-pyrrole nitrogens is 1. The van der Waals surface area contributed by atoms with Crippen molar-refractivity contribution in [3.8, 4) is 0 Å². The largest absolute Gasteiger partial charge is 0.350 e. The number of nitrogens with zero attached hydrogens (tertiary/aromatic N) is 1. The van der Waals surface area contributed by atoms with Crippen molar-refractivity contribution in [2.75, 3.05) is 0 Å². The van der Waals surface area contributed by atoms with E-state index < -0.39 is 0 Å². The predicted molar refractivity (Wildman–Crippen MR) is 96.6 cm³/mol. The van der Waals surface area contributed by atoms with Crippen molar-refractivity contribution < 1.29 is 9.59 Å². The highest BCUT2D eigenvalue weighted by Gasteiger charge is 2.70. The number of aryl methyl sites for hydroxylation is 1. The van der Waals surface area contributed by atoms with Gasteiger partial charge in [-0.25, -0.2) is 4.79 Å². The lowest BCUT2D eigenvalue weighted by Gasteiger charge is -2.70. The fraction of sp³-hybridized carbons (Fsp3) is 0.737. The van der Waals surface area contributed by atoms with Crippen LogP contribution in [0.25, 0.3) is 0 Å². The Bertz CT molecular complexity index is 816. The quantitative estimate of drug-likeness (QED) is 0.714. The molecule has 1 heterocycles. The minimum Gasteiger partial charge on any atom is -0.350 e. The molecule has 2 amide bonds. The Hall–Kier alpha value is -2.05. The van der Waals surface area contributed by atoms with Crippen LogP contribution in [0.1, 0.15) is 63.4 Å². The number of imidazole rings is 1. The Morgan fingerprint density at radius 1 is 1.27 bits per heavy atom. The molecule has 4 aliphatic rings. The highest BCUT2D eigenvalue weighted by atomic mass is 16.2. The summed E-state index contributed by atoms with van der Waals surface area (Å²) < 4.78 is 1.35. The van der Waals surface area contributed by atoms with Gasteiger partial charge in [-0.1, -0.05) is 20.8 Å². The molecule has 7 heteroatoms. The van der Waals surface area contributed by atoms with Crippen molar-refractivity contribution in [1.82, 2.24) is 20.2 Å². The zero-order chi connectivity index (χ0) is 18.9. The number of nitrogens with one attached hydrogen (secondary N) is 3. The third-order valence-corrected chi connectivity index (χ3v) is 7.17. The Morgan fingerprint density at radius 3 is 2.35 bits per heavy atom. The maximum atomic E-state index is 12.7. The number of amides is 2. The van der Waals surface area contributed by atoms with Crippen molar-refractivity contribution in [2.24, 2.45) is 24.3 Å². The van der Waals surface area contributed by atoms with Gasteiger partial charge in [0.15, 0.2) is 0 Å². The van der Waals surface area contributed by atoms with Gasteiger partial charge >= 0.3 is 5.69 Å². The first-order valence-electron chi connectivity index (χ1n) is 9.54. The fourth-order valence-electron chi connectivity index (χ4n) is 5.42. The molecule has 0 aliphatic heterocycles. The van der Waals surface area contributed by atoms with Crippen molar-refractivity contribution in [1.29, 1.82) is 0 Å². The summed E-state index contributed by atoms with van der Waals surface area (Å²) in [5.74, 6) is 0.596. The minimum atomic E-state index is -0.300. The van der Waals surface area contributed by atoms with Gasteiger partial charge in [-0.05, 0) is 43.4 Å². The van der Waals surface area contributed by atoms with E-state index in [-0.39, 0.29) is 45.6 Å². The van der Waals surface area contributed by atoms with Crippen LogP contribution < -0.4 is 16.3 Å². The van der Waals surface area contributed by atoms with E-state index in [4.69, 9.17) is 0 Å². The lowest BCUT2D eigenvalue weighted by atomic mass is 9.44. The maximum Gasteiger partial charge on any atom is 0.325 e. The topological polar surface area (TPSA) is 96.0 Å². The Labute approximate surface area is 152 Å². The maximum absolute atomic E-state index is 12.7. The van der Waals surface area contributed by atoms with Crippen molar-refractivity contribution >= 4 is 11.8 Å². The first-order chi connectivity index (χ1) is 12.1. The summed E-state index contributed by atoms with van der Waals surface area (Å²) in [6, 6.07) is 0. The first kappa shape index (κ1) is 17.4. The molecule has 4 fully saturated rings. The lowest BCUT2D eigenvalue weighted by molar-refractivity contribution is -0.141. The molecule has 2 bridgehead atoms. The third kappa shape index (κ3) is 2.36. The SMILES string of the molecule is CCC1(C(C)C)CC1C(=O)NC12CC(NC(=O)c3cn(C)c(=O)[nH]3)(C1)C2. The second kappa shape index (κ2) is 5.24. The lowest BCUT2D eigenvalue weighted by Crippen LogP contribution is -2.84. The Balaban J connectivity index is 1.31. The number of aromatic nitrogens is 2. The summed E-state index contributed by atoms with van der Waals surface area (Å²) in [4.78, 5) is 39.0. The summed E-state index contributed by atoms with van der Waals surface area (Å²) in [6.07, 6.45) is 5.88. The van der Waals surface area contributed by atoms with E-state index >= 15 is 0 Å². The molecule has 3 N–H and O–H groups in total. The average molecular weight is 360 g/mol. The number of carbonyl (C=O) groups excluding carboxylic acids is 2. The molecule has 0 saturated heterocycles. The van der Waals surface area contributed by atoms with Crippen molar-refractivity contribution in [3.05, 3.63) is 22.4 Å². The summed E-state index contributed by atoms with van der Waals surface area (Å²) in [5.41, 5.74) is -0.194. The van der Waals surface area contributed by atoms with Crippen LogP contribution in [0.4, 0.5) is 0 Å².